The summed E-state index contributed by atoms with van der Waals surface area (Å²) in [6.45, 7) is -0.0931. The minimum absolute atomic E-state index is 0.126. The van der Waals surface area contributed by atoms with Crippen molar-refractivity contribution in [1.82, 2.24) is 0 Å². The van der Waals surface area contributed by atoms with E-state index in [2.05, 4.69) is 0 Å². The molecule has 0 radical (unpaired) electrons. The van der Waals surface area contributed by atoms with Crippen molar-refractivity contribution < 1.29 is 89.0 Å². The molecule has 4 heterocycles. The second-order valence-electron chi connectivity index (χ2n) is 12.4. The highest BCUT2D eigenvalue weighted by Crippen LogP contribution is 2.39. The van der Waals surface area contributed by atoms with Gasteiger partial charge in [0.1, 0.15) is 83.2 Å². The number of aliphatic hydroxyl groups is 9. The van der Waals surface area contributed by atoms with Gasteiger partial charge in [-0.3, -0.25) is 4.79 Å². The number of aliphatic hydroxyl groups excluding tert-OH is 9. The maximum Gasteiger partial charge on any atom is 0.239 e. The number of hydrogen-bond acceptors (Lipinski definition) is 19. The zero-order valence-electron chi connectivity index (χ0n) is 26.6. The molecule has 19 nitrogen and oxygen atoms in total. The van der Waals surface area contributed by atoms with E-state index in [-0.39, 0.29) is 28.4 Å². The molecule has 3 saturated heterocycles. The van der Waals surface area contributed by atoms with Crippen LogP contribution in [0, 0.1) is 0 Å². The third-order valence-corrected chi connectivity index (χ3v) is 8.94. The molecule has 51 heavy (non-hydrogen) atoms. The first kappa shape index (κ1) is 37.1. The van der Waals surface area contributed by atoms with Gasteiger partial charge in [-0.15, -0.1) is 0 Å². The highest BCUT2D eigenvalue weighted by Gasteiger charge is 2.51. The lowest BCUT2D eigenvalue weighted by atomic mass is 9.97. The lowest BCUT2D eigenvalue weighted by Gasteiger charge is -2.45. The molecule has 3 aromatic rings. The maximum atomic E-state index is 14.1. The van der Waals surface area contributed by atoms with Gasteiger partial charge in [-0.2, -0.15) is 0 Å². The molecule has 6 rings (SSSR count). The van der Waals surface area contributed by atoms with Gasteiger partial charge in [0.15, 0.2) is 18.2 Å². The van der Waals surface area contributed by atoms with E-state index < -0.39 is 122 Å². The summed E-state index contributed by atoms with van der Waals surface area (Å²) >= 11 is 0. The fourth-order valence-electron chi connectivity index (χ4n) is 6.03. The van der Waals surface area contributed by atoms with Crippen LogP contribution in [0.1, 0.15) is 6.92 Å². The Morgan fingerprint density at radius 3 is 1.94 bits per heavy atom. The van der Waals surface area contributed by atoms with E-state index in [1.807, 2.05) is 0 Å². The van der Waals surface area contributed by atoms with Gasteiger partial charge in [0.05, 0.1) is 19.3 Å². The average molecular weight is 727 g/mol. The first-order valence-electron chi connectivity index (χ1n) is 15.8. The molecule has 280 valence electrons. The average Bonchev–Trinajstić information content (AvgIpc) is 3.37. The standard InChI is InChI=1S/C32H38O19/c1-10-19(37)23(41)26(44)30(45-10)51-29-24(42)20(38)16(8-33)49-32(29)50-28-22(40)18-14(36)6-13(46-31-25(43)21(39)17(9-34)48-31)7-15(18)47-27(28)11-2-4-12(35)5-3-11/h2-7,10,16-17,19-21,23-26,29-39,41-44H,8-9H2,1H3/t10-,16+,17-,19-,20-,21-,23+,24-,25+,26+,29+,30-,31+,32-/m0/s1. The topological polar surface area (TPSA) is 308 Å². The Kier molecular flexibility index (Phi) is 10.7. The molecule has 11 N–H and O–H groups in total. The van der Waals surface area contributed by atoms with Gasteiger partial charge in [-0.05, 0) is 31.2 Å². The number of ether oxygens (including phenoxy) is 6. The first-order valence-corrected chi connectivity index (χ1v) is 15.8. The summed E-state index contributed by atoms with van der Waals surface area (Å²) in [5.74, 6) is -2.06. The molecular formula is C32H38O19. The van der Waals surface area contributed by atoms with Crippen molar-refractivity contribution in [3.63, 3.8) is 0 Å². The Hall–Kier alpha value is -3.67. The molecular weight excluding hydrogens is 688 g/mol. The highest BCUT2D eigenvalue weighted by atomic mass is 16.8. The van der Waals surface area contributed by atoms with Gasteiger partial charge < -0.3 is 89.0 Å². The van der Waals surface area contributed by atoms with Gasteiger partial charge in [0.2, 0.25) is 23.8 Å². The molecule has 3 fully saturated rings. The van der Waals surface area contributed by atoms with Crippen LogP contribution in [0.3, 0.4) is 0 Å². The van der Waals surface area contributed by atoms with Crippen molar-refractivity contribution in [2.75, 3.05) is 13.2 Å². The molecule has 0 spiro atoms. The zero-order chi connectivity index (χ0) is 36.9. The van der Waals surface area contributed by atoms with Crippen molar-refractivity contribution in [3.05, 3.63) is 46.6 Å². The fraction of sp³-hybridized carbons (Fsp3) is 0.531. The summed E-state index contributed by atoms with van der Waals surface area (Å²) in [4.78, 5) is 14.1. The molecule has 3 aliphatic heterocycles. The number of rotatable bonds is 9. The van der Waals surface area contributed by atoms with Crippen LogP contribution in [0.15, 0.2) is 45.6 Å². The Morgan fingerprint density at radius 1 is 0.686 bits per heavy atom. The van der Waals surface area contributed by atoms with Crippen molar-refractivity contribution >= 4 is 11.0 Å². The van der Waals surface area contributed by atoms with Gasteiger partial charge >= 0.3 is 0 Å². The minimum atomic E-state index is -1.93. The fourth-order valence-corrected chi connectivity index (χ4v) is 6.03. The summed E-state index contributed by atoms with van der Waals surface area (Å²) in [5.41, 5.74) is -1.19. The molecule has 3 aliphatic rings. The third kappa shape index (κ3) is 6.97. The van der Waals surface area contributed by atoms with Crippen LogP contribution in [0.25, 0.3) is 22.3 Å². The van der Waals surface area contributed by atoms with Crippen LogP contribution >= 0.6 is 0 Å². The molecule has 0 amide bonds. The Bertz CT molecular complexity index is 1730. The smallest absolute Gasteiger partial charge is 0.239 e. The Balaban J connectivity index is 1.41. The first-order chi connectivity index (χ1) is 24.2. The number of aromatic hydroxyl groups is 2. The van der Waals surface area contributed by atoms with E-state index in [1.165, 1.54) is 31.2 Å². The van der Waals surface area contributed by atoms with Crippen LogP contribution in [0.5, 0.6) is 23.0 Å². The molecule has 0 aliphatic carbocycles. The molecule has 0 saturated carbocycles. The predicted molar refractivity (Wildman–Crippen MR) is 165 cm³/mol. The lowest BCUT2D eigenvalue weighted by molar-refractivity contribution is -0.354. The van der Waals surface area contributed by atoms with Crippen LogP contribution in [0.4, 0.5) is 0 Å². The summed E-state index contributed by atoms with van der Waals surface area (Å²) in [6.07, 6.45) is -22.5. The van der Waals surface area contributed by atoms with Crippen LogP contribution in [0.2, 0.25) is 0 Å². The number of hydrogen-bond donors (Lipinski definition) is 11. The SMILES string of the molecule is C[C@@H]1O[C@@H](O[C@H]2[C@H](Oc3c(-c4ccc(O)cc4)oc4cc(O[C@@H]5O[C@@H](CO)[C@H](O)[C@H]5O)cc(O)c4c3=O)O[C@H](CO)[C@H](O)[C@@H]2O)[C@H](O)[C@H](O)[C@H]1O. The highest BCUT2D eigenvalue weighted by molar-refractivity contribution is 5.88. The lowest BCUT2D eigenvalue weighted by Crippen LogP contribution is -2.64. The van der Waals surface area contributed by atoms with Gasteiger partial charge in [0, 0.05) is 17.7 Å². The van der Waals surface area contributed by atoms with E-state index in [4.69, 9.17) is 32.8 Å². The molecule has 14 atom stereocenters. The summed E-state index contributed by atoms with van der Waals surface area (Å²) in [5, 5.41) is 113. The maximum absolute atomic E-state index is 14.1. The van der Waals surface area contributed by atoms with E-state index in [9.17, 15) is 61.0 Å². The molecule has 0 bridgehead atoms. The molecule has 1 aromatic heterocycles. The Labute approximate surface area is 287 Å². The summed E-state index contributed by atoms with van der Waals surface area (Å²) < 4.78 is 39.8. The van der Waals surface area contributed by atoms with Gasteiger partial charge in [0.25, 0.3) is 0 Å². The zero-order valence-corrected chi connectivity index (χ0v) is 26.6. The van der Waals surface area contributed by atoms with Crippen molar-refractivity contribution in [2.45, 2.75) is 92.9 Å². The van der Waals surface area contributed by atoms with Crippen molar-refractivity contribution in [1.29, 1.82) is 0 Å². The number of phenols is 2. The quantitative estimate of drug-likeness (QED) is 0.103. The largest absolute Gasteiger partial charge is 0.508 e. The van der Waals surface area contributed by atoms with E-state index in [1.54, 1.807) is 0 Å². The second-order valence-corrected chi connectivity index (χ2v) is 12.4. The van der Waals surface area contributed by atoms with E-state index in [0.717, 1.165) is 12.1 Å². The summed E-state index contributed by atoms with van der Waals surface area (Å²) in [6, 6.07) is 7.34. The third-order valence-electron chi connectivity index (χ3n) is 8.94. The monoisotopic (exact) mass is 726 g/mol. The van der Waals surface area contributed by atoms with Crippen LogP contribution < -0.4 is 14.9 Å². The van der Waals surface area contributed by atoms with Crippen LogP contribution in [-0.4, -0.2) is 155 Å². The van der Waals surface area contributed by atoms with Gasteiger partial charge in [-0.1, -0.05) is 0 Å². The number of fused-ring (bicyclic) bond motifs is 1. The normalized spacial score (nSPS) is 37.1. The minimum Gasteiger partial charge on any atom is -0.508 e. The Morgan fingerprint density at radius 2 is 1.29 bits per heavy atom. The second kappa shape index (κ2) is 14.8. The molecule has 2 aromatic carbocycles. The van der Waals surface area contributed by atoms with E-state index in [0.29, 0.717) is 0 Å². The van der Waals surface area contributed by atoms with E-state index >= 15 is 0 Å². The van der Waals surface area contributed by atoms with Crippen LogP contribution in [-0.2, 0) is 18.9 Å². The van der Waals surface area contributed by atoms with Crippen molar-refractivity contribution in [2.24, 2.45) is 0 Å². The predicted octanol–water partition coefficient (Wildman–Crippen LogP) is -3.28. The molecule has 19 heteroatoms. The number of benzene rings is 2. The molecule has 0 unspecified atom stereocenters. The van der Waals surface area contributed by atoms with Crippen molar-refractivity contribution in [3.8, 4) is 34.3 Å². The van der Waals surface area contributed by atoms with Gasteiger partial charge in [-0.25, -0.2) is 0 Å². The number of phenolic OH excluding ortho intramolecular Hbond substituents is 2. The summed E-state index contributed by atoms with van der Waals surface area (Å²) in [7, 11) is 0.